The zero-order valence-corrected chi connectivity index (χ0v) is 21.7. The smallest absolute Gasteiger partial charge is 0.203 e. The van der Waals surface area contributed by atoms with Crippen LogP contribution in [0, 0.1) is 12.3 Å². The summed E-state index contributed by atoms with van der Waals surface area (Å²) in [5.41, 5.74) is 2.29. The van der Waals surface area contributed by atoms with Gasteiger partial charge in [-0.05, 0) is 77.2 Å². The first kappa shape index (κ1) is 26.9. The Labute approximate surface area is 190 Å². The Morgan fingerprint density at radius 1 is 1.10 bits per heavy atom. The van der Waals surface area contributed by atoms with E-state index in [9.17, 15) is 0 Å². The molecule has 5 heteroatoms. The Hall–Kier alpha value is -2.16. The number of unbranched alkanes of at least 4 members (excludes halogenated alkanes) is 1. The Morgan fingerprint density at radius 3 is 2.19 bits per heavy atom. The number of hydrogen-bond donors (Lipinski definition) is 0. The second-order valence-electron chi connectivity index (χ2n) is 8.87. The van der Waals surface area contributed by atoms with Gasteiger partial charge >= 0.3 is 0 Å². The molecule has 0 aromatic heterocycles. The number of rotatable bonds is 13. The Bertz CT molecular complexity index is 810. The second-order valence-corrected chi connectivity index (χ2v) is 13.3. The molecule has 0 fully saturated rings. The molecule has 0 saturated heterocycles. The van der Waals surface area contributed by atoms with Gasteiger partial charge in [0.05, 0.1) is 21.3 Å². The highest BCUT2D eigenvalue weighted by Crippen LogP contribution is 2.49. The van der Waals surface area contributed by atoms with Crippen LogP contribution < -0.4 is 14.2 Å². The number of allylic oxidation sites excluding steroid dienone is 3. The Morgan fingerprint density at radius 2 is 1.74 bits per heavy atom. The largest absolute Gasteiger partial charge is 0.493 e. The number of hydrogen-bond acceptors (Lipinski definition) is 4. The van der Waals surface area contributed by atoms with Crippen molar-refractivity contribution in [1.29, 1.82) is 0 Å². The van der Waals surface area contributed by atoms with Gasteiger partial charge in [-0.2, -0.15) is 0 Å². The number of aryl methyl sites for hydroxylation is 1. The molecule has 0 bridgehead atoms. The molecule has 0 heterocycles. The van der Waals surface area contributed by atoms with Gasteiger partial charge in [0.25, 0.3) is 0 Å². The summed E-state index contributed by atoms with van der Waals surface area (Å²) in [4.78, 5) is 0. The number of methoxy groups -OCH3 is 3. The molecular weight excluding hydrogens is 404 g/mol. The third-order valence-electron chi connectivity index (χ3n) is 4.93. The molecule has 1 aromatic rings. The minimum absolute atomic E-state index is 0.533. The van der Waals surface area contributed by atoms with Crippen LogP contribution in [0.3, 0.4) is 0 Å². The first-order chi connectivity index (χ1) is 14.6. The summed E-state index contributed by atoms with van der Waals surface area (Å²) < 4.78 is 24.0. The minimum Gasteiger partial charge on any atom is -0.493 e. The van der Waals surface area contributed by atoms with E-state index in [0.29, 0.717) is 23.7 Å². The van der Waals surface area contributed by atoms with Crippen LogP contribution in [-0.4, -0.2) is 29.6 Å². The number of ether oxygens (including phenoxy) is 3. The van der Waals surface area contributed by atoms with Gasteiger partial charge in [-0.1, -0.05) is 23.6 Å². The van der Waals surface area contributed by atoms with Crippen LogP contribution in [0.15, 0.2) is 30.4 Å². The van der Waals surface area contributed by atoms with Crippen molar-refractivity contribution in [2.45, 2.75) is 71.2 Å². The van der Waals surface area contributed by atoms with Gasteiger partial charge in [-0.25, -0.2) is 0 Å². The molecule has 4 nitrogen and oxygen atoms in total. The Kier molecular flexibility index (Phi) is 10.4. The van der Waals surface area contributed by atoms with Crippen molar-refractivity contribution in [1.82, 2.24) is 0 Å². The third-order valence-corrected chi connectivity index (χ3v) is 5.89. The molecule has 0 spiro atoms. The fourth-order valence-corrected chi connectivity index (χ4v) is 5.08. The predicted octanol–water partition coefficient (Wildman–Crippen LogP) is 6.65. The van der Waals surface area contributed by atoms with Crippen molar-refractivity contribution >= 4 is 8.32 Å². The molecule has 1 unspecified atom stereocenters. The fourth-order valence-electron chi connectivity index (χ4n) is 3.77. The lowest BCUT2D eigenvalue weighted by molar-refractivity contribution is 0.104. The van der Waals surface area contributed by atoms with Crippen LogP contribution in [0.1, 0.15) is 50.7 Å². The van der Waals surface area contributed by atoms with Gasteiger partial charge < -0.3 is 18.6 Å². The highest BCUT2D eigenvalue weighted by atomic mass is 28.4. The van der Waals surface area contributed by atoms with Crippen LogP contribution in [0.4, 0.5) is 0 Å². The molecule has 0 saturated carbocycles. The quantitative estimate of drug-likeness (QED) is 0.148. The summed E-state index contributed by atoms with van der Waals surface area (Å²) in [6.45, 7) is 14.6. The van der Waals surface area contributed by atoms with Gasteiger partial charge in [-0.3, -0.25) is 0 Å². The lowest BCUT2D eigenvalue weighted by atomic mass is 9.83. The number of benzene rings is 1. The average Bonchev–Trinajstić information content (AvgIpc) is 2.71. The van der Waals surface area contributed by atoms with Crippen LogP contribution in [0.5, 0.6) is 17.2 Å². The summed E-state index contributed by atoms with van der Waals surface area (Å²) in [6.07, 6.45) is 14.5. The van der Waals surface area contributed by atoms with Gasteiger partial charge in [-0.15, -0.1) is 13.0 Å². The van der Waals surface area contributed by atoms with Gasteiger partial charge in [0.1, 0.15) is 5.60 Å². The summed E-state index contributed by atoms with van der Waals surface area (Å²) in [5.74, 6) is 4.78. The first-order valence-corrected chi connectivity index (χ1v) is 14.2. The van der Waals surface area contributed by atoms with E-state index in [0.717, 1.165) is 36.8 Å². The summed E-state index contributed by atoms with van der Waals surface area (Å²) in [7, 11) is 2.85. The second kappa shape index (κ2) is 12.0. The van der Waals surface area contributed by atoms with Crippen LogP contribution in [-0.2, 0) is 16.4 Å². The van der Waals surface area contributed by atoms with Crippen LogP contribution in [0.2, 0.25) is 19.6 Å². The molecule has 0 N–H and O–H groups in total. The van der Waals surface area contributed by atoms with E-state index in [1.165, 1.54) is 5.57 Å². The normalized spacial score (nSPS) is 13.0. The van der Waals surface area contributed by atoms with Crippen LogP contribution in [0.25, 0.3) is 0 Å². The summed E-state index contributed by atoms with van der Waals surface area (Å²) >= 11 is 0. The van der Waals surface area contributed by atoms with Gasteiger partial charge in [0.15, 0.2) is 19.8 Å². The maximum absolute atomic E-state index is 6.78. The predicted molar refractivity (Wildman–Crippen MR) is 133 cm³/mol. The molecule has 0 aliphatic heterocycles. The minimum atomic E-state index is -2.02. The molecule has 1 rings (SSSR count). The maximum atomic E-state index is 6.78. The molecule has 31 heavy (non-hydrogen) atoms. The highest BCUT2D eigenvalue weighted by molar-refractivity contribution is 6.69. The molecular formula is C26H40O4Si. The lowest BCUT2D eigenvalue weighted by Gasteiger charge is -2.38. The Balaban J connectivity index is 3.82. The molecule has 0 amide bonds. The molecule has 1 aromatic carbocycles. The summed E-state index contributed by atoms with van der Waals surface area (Å²) in [6, 6.07) is 2.00. The zero-order chi connectivity index (χ0) is 23.7. The van der Waals surface area contributed by atoms with Crippen molar-refractivity contribution in [2.24, 2.45) is 0 Å². The molecule has 0 aliphatic carbocycles. The zero-order valence-electron chi connectivity index (χ0n) is 20.7. The molecule has 1 atom stereocenters. The third kappa shape index (κ3) is 7.19. The van der Waals surface area contributed by atoms with Crippen molar-refractivity contribution in [3.63, 3.8) is 0 Å². The average molecular weight is 445 g/mol. The van der Waals surface area contributed by atoms with Gasteiger partial charge in [0.2, 0.25) is 5.75 Å². The molecule has 0 aliphatic rings. The molecule has 172 valence electrons. The van der Waals surface area contributed by atoms with Gasteiger partial charge in [0, 0.05) is 5.56 Å². The molecule has 0 radical (unpaired) electrons. The van der Waals surface area contributed by atoms with E-state index < -0.39 is 13.9 Å². The maximum Gasteiger partial charge on any atom is 0.203 e. The van der Waals surface area contributed by atoms with Crippen molar-refractivity contribution in [2.75, 3.05) is 21.3 Å². The van der Waals surface area contributed by atoms with E-state index in [4.69, 9.17) is 25.1 Å². The summed E-state index contributed by atoms with van der Waals surface area (Å²) in [5, 5.41) is 0. The van der Waals surface area contributed by atoms with E-state index in [1.54, 1.807) is 21.3 Å². The van der Waals surface area contributed by atoms with E-state index in [-0.39, 0.29) is 0 Å². The van der Waals surface area contributed by atoms with E-state index in [2.05, 4.69) is 52.1 Å². The van der Waals surface area contributed by atoms with Crippen LogP contribution >= 0.6 is 0 Å². The SMILES string of the molecule is C#CC(CCCC=C(C)C)(O[Si](C)(C)C)c1c(CCC=C)cc(OC)c(OC)c1OC. The van der Waals surface area contributed by atoms with E-state index >= 15 is 0 Å². The topological polar surface area (TPSA) is 36.9 Å². The first-order valence-electron chi connectivity index (χ1n) is 10.8. The van der Waals surface area contributed by atoms with Crippen molar-refractivity contribution in [3.05, 3.63) is 41.5 Å². The fraction of sp³-hybridized carbons (Fsp3) is 0.538. The highest BCUT2D eigenvalue weighted by Gasteiger charge is 2.41. The van der Waals surface area contributed by atoms with E-state index in [1.807, 2.05) is 12.1 Å². The van der Waals surface area contributed by atoms with Crippen molar-refractivity contribution < 1.29 is 18.6 Å². The standard InChI is InChI=1S/C26H40O4Si/c1-11-13-17-21-19-22(27-5)24(28-6)25(29-7)23(21)26(12-2,30-31(8,9)10)18-15-14-16-20(3)4/h2,11,16,19H,1,13-15,17-18H2,3-10H3. The lowest BCUT2D eigenvalue weighted by Crippen LogP contribution is -2.41. The van der Waals surface area contributed by atoms with Crippen molar-refractivity contribution in [3.8, 4) is 29.6 Å². The monoisotopic (exact) mass is 444 g/mol. The number of terminal acetylenes is 1.